The first-order valence-electron chi connectivity index (χ1n) is 11.5. The fourth-order valence-corrected chi connectivity index (χ4v) is 7.24. The molecular weight excluding hydrogens is 408 g/mol. The second kappa shape index (κ2) is 14.1. The molecule has 0 N–H and O–H groups in total. The third-order valence-electron chi connectivity index (χ3n) is 4.94. The predicted octanol–water partition coefficient (Wildman–Crippen LogP) is 3.19. The molecule has 0 aliphatic heterocycles. The van der Waals surface area contributed by atoms with Crippen LogP contribution >= 0.6 is 0 Å². The maximum atomic E-state index is 5.91. The molecule has 0 radical (unpaired) electrons. The topological polar surface area (TPSA) is 36.9 Å². The Balaban J connectivity index is 1.84. The lowest BCUT2D eigenvalue weighted by molar-refractivity contribution is 0.289. The van der Waals surface area contributed by atoms with E-state index >= 15 is 0 Å². The maximum Gasteiger partial charge on any atom is 0.160 e. The Bertz CT molecular complexity index is 688. The van der Waals surface area contributed by atoms with Crippen molar-refractivity contribution in [3.8, 4) is 23.0 Å². The van der Waals surface area contributed by atoms with Crippen molar-refractivity contribution in [3.05, 3.63) is 36.4 Å². The summed E-state index contributed by atoms with van der Waals surface area (Å²) in [6.45, 7) is 10.8. The van der Waals surface area contributed by atoms with Gasteiger partial charge in [-0.15, -0.1) is 0 Å². The highest BCUT2D eigenvalue weighted by atomic mass is 28.2. The lowest BCUT2D eigenvalue weighted by Gasteiger charge is -2.15. The van der Waals surface area contributed by atoms with Gasteiger partial charge in [-0.05, 0) is 50.2 Å². The van der Waals surface area contributed by atoms with Crippen molar-refractivity contribution in [2.45, 2.75) is 52.6 Å². The highest BCUT2D eigenvalue weighted by Crippen LogP contribution is 2.26. The minimum absolute atomic E-state index is 0.353. The molecule has 0 heterocycles. The monoisotopic (exact) mass is 446 g/mol. The van der Waals surface area contributed by atoms with Crippen LogP contribution in [0.15, 0.2) is 36.4 Å². The van der Waals surface area contributed by atoms with Gasteiger partial charge in [0.2, 0.25) is 0 Å². The Morgan fingerprint density at radius 3 is 1.33 bits per heavy atom. The van der Waals surface area contributed by atoms with Crippen LogP contribution in [-0.2, 0) is 0 Å². The summed E-state index contributed by atoms with van der Waals surface area (Å²) >= 11 is 0. The van der Waals surface area contributed by atoms with Crippen LogP contribution in [0.1, 0.15) is 40.5 Å². The molecule has 0 amide bonds. The van der Waals surface area contributed by atoms with Gasteiger partial charge in [0.15, 0.2) is 23.0 Å². The van der Waals surface area contributed by atoms with Gasteiger partial charge in [-0.3, -0.25) is 0 Å². The van der Waals surface area contributed by atoms with Crippen LogP contribution in [0, 0.1) is 0 Å². The van der Waals surface area contributed by atoms with E-state index in [0.29, 0.717) is 26.4 Å². The summed E-state index contributed by atoms with van der Waals surface area (Å²) in [4.78, 5) is 0. The van der Waals surface area contributed by atoms with Gasteiger partial charge < -0.3 is 18.9 Å². The van der Waals surface area contributed by atoms with E-state index in [1.807, 2.05) is 39.8 Å². The van der Waals surface area contributed by atoms with Gasteiger partial charge >= 0.3 is 0 Å². The third-order valence-corrected chi connectivity index (χ3v) is 8.84. The standard InChI is InChI=1S/C24H38O4Si2/c1-5-25-19-13-11-15-21(23(19)27-7-3)29-17-9-10-18-30-22-16-12-14-20(26-6-2)24(22)28-8-4/h11-16H,5-10,17-18,29-30H2,1-4H3. The van der Waals surface area contributed by atoms with Crippen molar-refractivity contribution in [2.75, 3.05) is 26.4 Å². The zero-order valence-corrected chi connectivity index (χ0v) is 22.0. The Labute approximate surface area is 186 Å². The molecule has 0 saturated heterocycles. The van der Waals surface area contributed by atoms with Crippen LogP contribution in [-0.4, -0.2) is 45.5 Å². The van der Waals surface area contributed by atoms with Crippen molar-refractivity contribution in [2.24, 2.45) is 0 Å². The Morgan fingerprint density at radius 1 is 0.567 bits per heavy atom. The third kappa shape index (κ3) is 7.40. The minimum Gasteiger partial charge on any atom is -0.490 e. The van der Waals surface area contributed by atoms with Gasteiger partial charge in [-0.2, -0.15) is 0 Å². The number of hydrogen-bond donors (Lipinski definition) is 0. The first-order chi connectivity index (χ1) is 14.7. The summed E-state index contributed by atoms with van der Waals surface area (Å²) in [5.74, 6) is 3.76. The Kier molecular flexibility index (Phi) is 11.5. The average molecular weight is 447 g/mol. The average Bonchev–Trinajstić information content (AvgIpc) is 2.75. The molecule has 0 bridgehead atoms. The van der Waals surface area contributed by atoms with E-state index in [9.17, 15) is 0 Å². The highest BCUT2D eigenvalue weighted by Gasteiger charge is 2.12. The summed E-state index contributed by atoms with van der Waals surface area (Å²) in [5, 5.41) is 2.78. The number of para-hydroxylation sites is 2. The normalized spacial score (nSPS) is 11.5. The largest absolute Gasteiger partial charge is 0.490 e. The lowest BCUT2D eigenvalue weighted by Crippen LogP contribution is -2.19. The fraction of sp³-hybridized carbons (Fsp3) is 0.500. The molecule has 2 rings (SSSR count). The van der Waals surface area contributed by atoms with E-state index in [0.717, 1.165) is 23.0 Å². The van der Waals surface area contributed by atoms with Crippen LogP contribution in [0.4, 0.5) is 0 Å². The van der Waals surface area contributed by atoms with Crippen molar-refractivity contribution in [1.29, 1.82) is 0 Å². The van der Waals surface area contributed by atoms with E-state index in [-0.39, 0.29) is 19.0 Å². The molecule has 0 unspecified atom stereocenters. The van der Waals surface area contributed by atoms with Crippen molar-refractivity contribution < 1.29 is 18.9 Å². The number of unbranched alkanes of at least 4 members (excludes halogenated alkanes) is 1. The summed E-state index contributed by atoms with van der Waals surface area (Å²) in [5.41, 5.74) is 0. The molecule has 2 aromatic carbocycles. The zero-order chi connectivity index (χ0) is 21.6. The Hall–Kier alpha value is -1.93. The molecule has 0 aliphatic rings. The predicted molar refractivity (Wildman–Crippen MR) is 133 cm³/mol. The molecule has 0 aromatic heterocycles. The summed E-state index contributed by atoms with van der Waals surface area (Å²) in [6, 6.07) is 15.3. The van der Waals surface area contributed by atoms with Gasteiger partial charge in [-0.1, -0.05) is 49.2 Å². The number of hydrogen-bond acceptors (Lipinski definition) is 4. The van der Waals surface area contributed by atoms with E-state index in [2.05, 4.69) is 24.3 Å². The van der Waals surface area contributed by atoms with Gasteiger partial charge in [0.05, 0.1) is 45.5 Å². The molecule has 0 saturated carbocycles. The molecule has 0 spiro atoms. The first kappa shape index (κ1) is 24.3. The molecule has 0 fully saturated rings. The van der Waals surface area contributed by atoms with Crippen LogP contribution in [0.5, 0.6) is 23.0 Å². The van der Waals surface area contributed by atoms with Crippen LogP contribution in [0.2, 0.25) is 12.1 Å². The molecule has 166 valence electrons. The minimum atomic E-state index is -0.353. The quantitative estimate of drug-likeness (QED) is 0.311. The van der Waals surface area contributed by atoms with E-state index in [1.54, 1.807) is 0 Å². The number of ether oxygens (including phenoxy) is 4. The maximum absolute atomic E-state index is 5.91. The molecule has 0 atom stereocenters. The summed E-state index contributed by atoms with van der Waals surface area (Å²) in [6.07, 6.45) is 2.58. The Morgan fingerprint density at radius 2 is 0.967 bits per heavy atom. The second-order valence-electron chi connectivity index (χ2n) is 7.14. The van der Waals surface area contributed by atoms with Crippen molar-refractivity contribution in [3.63, 3.8) is 0 Å². The lowest BCUT2D eigenvalue weighted by atomic mass is 10.3. The van der Waals surface area contributed by atoms with Crippen LogP contribution < -0.4 is 29.3 Å². The molecule has 0 aliphatic carbocycles. The number of benzene rings is 2. The first-order valence-corrected chi connectivity index (χ1v) is 14.9. The van der Waals surface area contributed by atoms with E-state index < -0.39 is 0 Å². The van der Waals surface area contributed by atoms with Crippen LogP contribution in [0.3, 0.4) is 0 Å². The van der Waals surface area contributed by atoms with Crippen molar-refractivity contribution in [1.82, 2.24) is 0 Å². The zero-order valence-electron chi connectivity index (χ0n) is 19.2. The molecule has 2 aromatic rings. The van der Waals surface area contributed by atoms with Gasteiger partial charge in [0, 0.05) is 0 Å². The molecular formula is C24H38O4Si2. The summed E-state index contributed by atoms with van der Waals surface area (Å²) in [7, 11) is -0.707. The molecule has 30 heavy (non-hydrogen) atoms. The smallest absolute Gasteiger partial charge is 0.160 e. The molecule has 6 heteroatoms. The van der Waals surface area contributed by atoms with Gasteiger partial charge in [-0.25, -0.2) is 0 Å². The van der Waals surface area contributed by atoms with Crippen LogP contribution in [0.25, 0.3) is 0 Å². The molecule has 4 nitrogen and oxygen atoms in total. The van der Waals surface area contributed by atoms with Gasteiger partial charge in [0.25, 0.3) is 0 Å². The second-order valence-corrected chi connectivity index (χ2v) is 11.1. The summed E-state index contributed by atoms with van der Waals surface area (Å²) < 4.78 is 23.4. The SMILES string of the molecule is CCOc1cccc([SiH2]CCCC[SiH2]c2cccc(OCC)c2OCC)c1OCC. The van der Waals surface area contributed by atoms with E-state index in [1.165, 1.54) is 35.3 Å². The number of rotatable bonds is 15. The fourth-order valence-electron chi connectivity index (χ4n) is 3.66. The highest BCUT2D eigenvalue weighted by molar-refractivity contribution is 6.55. The van der Waals surface area contributed by atoms with Crippen molar-refractivity contribution >= 4 is 29.4 Å². The van der Waals surface area contributed by atoms with Gasteiger partial charge in [0.1, 0.15) is 0 Å². The van der Waals surface area contributed by atoms with E-state index in [4.69, 9.17) is 18.9 Å².